The highest BCUT2D eigenvalue weighted by molar-refractivity contribution is 7.15. The normalized spacial score (nSPS) is 10.4. The Morgan fingerprint density at radius 2 is 1.82 bits per heavy atom. The minimum atomic E-state index is -0.112. The van der Waals surface area contributed by atoms with Crippen LogP contribution in [-0.2, 0) is 6.42 Å². The molecule has 0 fully saturated rings. The van der Waals surface area contributed by atoms with Gasteiger partial charge in [0, 0.05) is 23.1 Å². The highest BCUT2D eigenvalue weighted by atomic mass is 32.1. The fourth-order valence-corrected chi connectivity index (χ4v) is 3.08. The van der Waals surface area contributed by atoms with Gasteiger partial charge >= 0.3 is 0 Å². The van der Waals surface area contributed by atoms with Gasteiger partial charge in [-0.15, -0.1) is 11.3 Å². The molecule has 0 spiro atoms. The molecule has 3 aromatic rings. The van der Waals surface area contributed by atoms with Crippen LogP contribution in [0.25, 0.3) is 0 Å². The molecule has 2 aromatic carbocycles. The van der Waals surface area contributed by atoms with Crippen molar-refractivity contribution >= 4 is 22.4 Å². The van der Waals surface area contributed by atoms with E-state index in [4.69, 9.17) is 0 Å². The topological polar surface area (TPSA) is 42.0 Å². The van der Waals surface area contributed by atoms with Crippen LogP contribution in [0.2, 0.25) is 0 Å². The second kappa shape index (κ2) is 6.54. The van der Waals surface area contributed by atoms with Crippen molar-refractivity contribution in [1.82, 2.24) is 4.98 Å². The third kappa shape index (κ3) is 3.40. The van der Waals surface area contributed by atoms with Crippen molar-refractivity contribution in [1.29, 1.82) is 0 Å². The van der Waals surface area contributed by atoms with Crippen LogP contribution in [0.5, 0.6) is 0 Å². The quantitative estimate of drug-likeness (QED) is 0.781. The molecule has 0 radical (unpaired) electrons. The maximum absolute atomic E-state index is 12.3. The van der Waals surface area contributed by atoms with Crippen molar-refractivity contribution in [3.05, 3.63) is 82.4 Å². The second-order valence-corrected chi connectivity index (χ2v) is 6.18. The number of anilines is 1. The Morgan fingerprint density at radius 3 is 2.59 bits per heavy atom. The molecule has 1 N–H and O–H groups in total. The standard InChI is InChI=1S/C18H16N2OS/c1-13-7-5-6-10-16(13)17(21)20-18-19-12-15(22-18)11-14-8-3-2-4-9-14/h2-10,12H,11H2,1H3,(H,19,20,21). The van der Waals surface area contributed by atoms with Crippen LogP contribution in [0.1, 0.15) is 26.4 Å². The summed E-state index contributed by atoms with van der Waals surface area (Å²) in [6, 6.07) is 17.8. The lowest BCUT2D eigenvalue weighted by Crippen LogP contribution is -2.12. The Hall–Kier alpha value is -2.46. The first-order chi connectivity index (χ1) is 10.7. The molecule has 3 nitrogen and oxygen atoms in total. The zero-order chi connectivity index (χ0) is 15.4. The third-order valence-corrected chi connectivity index (χ3v) is 4.30. The molecule has 0 unspecified atom stereocenters. The lowest BCUT2D eigenvalue weighted by molar-refractivity contribution is 0.102. The van der Waals surface area contributed by atoms with E-state index in [0.717, 1.165) is 16.9 Å². The van der Waals surface area contributed by atoms with Crippen LogP contribution in [-0.4, -0.2) is 10.9 Å². The zero-order valence-electron chi connectivity index (χ0n) is 12.2. The fourth-order valence-electron chi connectivity index (χ4n) is 2.24. The molecule has 4 heteroatoms. The summed E-state index contributed by atoms with van der Waals surface area (Å²) in [5.41, 5.74) is 2.88. The number of hydrogen-bond acceptors (Lipinski definition) is 3. The molecule has 3 rings (SSSR count). The molecule has 1 aromatic heterocycles. The number of nitrogens with one attached hydrogen (secondary N) is 1. The molecule has 22 heavy (non-hydrogen) atoms. The minimum absolute atomic E-state index is 0.112. The van der Waals surface area contributed by atoms with Crippen molar-refractivity contribution in [2.45, 2.75) is 13.3 Å². The molecule has 0 aliphatic carbocycles. The highest BCUT2D eigenvalue weighted by Crippen LogP contribution is 2.22. The minimum Gasteiger partial charge on any atom is -0.298 e. The van der Waals surface area contributed by atoms with E-state index in [1.54, 1.807) is 0 Å². The van der Waals surface area contributed by atoms with Gasteiger partial charge in [-0.25, -0.2) is 4.98 Å². The van der Waals surface area contributed by atoms with Crippen LogP contribution in [0.3, 0.4) is 0 Å². The number of aryl methyl sites for hydroxylation is 1. The van der Waals surface area contributed by atoms with E-state index in [-0.39, 0.29) is 5.91 Å². The Balaban J connectivity index is 1.69. The van der Waals surface area contributed by atoms with E-state index >= 15 is 0 Å². The molecule has 0 bridgehead atoms. The Morgan fingerprint density at radius 1 is 1.09 bits per heavy atom. The number of hydrogen-bond donors (Lipinski definition) is 1. The van der Waals surface area contributed by atoms with Gasteiger partial charge in [0.05, 0.1) is 0 Å². The molecular weight excluding hydrogens is 292 g/mol. The van der Waals surface area contributed by atoms with Gasteiger partial charge in [-0.05, 0) is 24.1 Å². The number of carbonyl (C=O) groups is 1. The monoisotopic (exact) mass is 308 g/mol. The number of aromatic nitrogens is 1. The SMILES string of the molecule is Cc1ccccc1C(=O)Nc1ncc(Cc2ccccc2)s1. The first-order valence-electron chi connectivity index (χ1n) is 7.08. The zero-order valence-corrected chi connectivity index (χ0v) is 13.1. The van der Waals surface area contributed by atoms with Gasteiger partial charge in [-0.3, -0.25) is 10.1 Å². The number of carbonyl (C=O) groups excluding carboxylic acids is 1. The number of benzene rings is 2. The van der Waals surface area contributed by atoms with Crippen molar-refractivity contribution < 1.29 is 4.79 Å². The van der Waals surface area contributed by atoms with E-state index in [0.29, 0.717) is 10.7 Å². The molecule has 110 valence electrons. The largest absolute Gasteiger partial charge is 0.298 e. The average Bonchev–Trinajstić information content (AvgIpc) is 2.95. The molecule has 1 heterocycles. The summed E-state index contributed by atoms with van der Waals surface area (Å²) in [4.78, 5) is 17.7. The van der Waals surface area contributed by atoms with Crippen LogP contribution < -0.4 is 5.32 Å². The first-order valence-corrected chi connectivity index (χ1v) is 7.89. The van der Waals surface area contributed by atoms with Crippen molar-refractivity contribution in [2.75, 3.05) is 5.32 Å². The number of nitrogens with zero attached hydrogens (tertiary/aromatic N) is 1. The van der Waals surface area contributed by atoms with Gasteiger partial charge in [0.2, 0.25) is 0 Å². The Bertz CT molecular complexity index is 781. The summed E-state index contributed by atoms with van der Waals surface area (Å²) in [5.74, 6) is -0.112. The van der Waals surface area contributed by atoms with Crippen molar-refractivity contribution in [2.24, 2.45) is 0 Å². The lowest BCUT2D eigenvalue weighted by atomic mass is 10.1. The molecular formula is C18H16N2OS. The van der Waals surface area contributed by atoms with Gasteiger partial charge < -0.3 is 0 Å². The second-order valence-electron chi connectivity index (χ2n) is 5.06. The number of amides is 1. The molecule has 0 saturated carbocycles. The van der Waals surface area contributed by atoms with Crippen LogP contribution in [0, 0.1) is 6.92 Å². The van der Waals surface area contributed by atoms with Crippen LogP contribution in [0.15, 0.2) is 60.8 Å². The number of thiazole rings is 1. The summed E-state index contributed by atoms with van der Waals surface area (Å²) in [5, 5.41) is 3.51. The Labute approximate surface area is 133 Å². The van der Waals surface area contributed by atoms with E-state index in [2.05, 4.69) is 22.4 Å². The van der Waals surface area contributed by atoms with E-state index in [1.807, 2.05) is 55.6 Å². The number of rotatable bonds is 4. The highest BCUT2D eigenvalue weighted by Gasteiger charge is 2.11. The first kappa shape index (κ1) is 14.5. The summed E-state index contributed by atoms with van der Waals surface area (Å²) in [7, 11) is 0. The van der Waals surface area contributed by atoms with Gasteiger partial charge in [0.25, 0.3) is 5.91 Å². The average molecular weight is 308 g/mol. The predicted molar refractivity (Wildman–Crippen MR) is 90.5 cm³/mol. The summed E-state index contributed by atoms with van der Waals surface area (Å²) in [6.07, 6.45) is 2.66. The van der Waals surface area contributed by atoms with Crippen molar-refractivity contribution in [3.8, 4) is 0 Å². The fraction of sp³-hybridized carbons (Fsp3) is 0.111. The van der Waals surface area contributed by atoms with Gasteiger partial charge in [0.1, 0.15) is 0 Å². The maximum Gasteiger partial charge on any atom is 0.257 e. The third-order valence-electron chi connectivity index (χ3n) is 3.38. The lowest BCUT2D eigenvalue weighted by Gasteiger charge is -2.04. The molecule has 1 amide bonds. The van der Waals surface area contributed by atoms with Gasteiger partial charge in [0.15, 0.2) is 5.13 Å². The molecule has 0 aliphatic heterocycles. The smallest absolute Gasteiger partial charge is 0.257 e. The summed E-state index contributed by atoms with van der Waals surface area (Å²) in [6.45, 7) is 1.93. The van der Waals surface area contributed by atoms with Crippen molar-refractivity contribution in [3.63, 3.8) is 0 Å². The molecule has 0 aliphatic rings. The van der Waals surface area contributed by atoms with Gasteiger partial charge in [-0.2, -0.15) is 0 Å². The van der Waals surface area contributed by atoms with E-state index in [9.17, 15) is 4.79 Å². The van der Waals surface area contributed by atoms with E-state index in [1.165, 1.54) is 16.9 Å². The predicted octanol–water partition coefficient (Wildman–Crippen LogP) is 4.29. The summed E-state index contributed by atoms with van der Waals surface area (Å²) < 4.78 is 0. The van der Waals surface area contributed by atoms with Crippen LogP contribution in [0.4, 0.5) is 5.13 Å². The maximum atomic E-state index is 12.3. The Kier molecular flexibility index (Phi) is 4.30. The van der Waals surface area contributed by atoms with Crippen LogP contribution >= 0.6 is 11.3 Å². The molecule has 0 atom stereocenters. The van der Waals surface area contributed by atoms with Gasteiger partial charge in [-0.1, -0.05) is 48.5 Å². The molecule has 0 saturated heterocycles. The summed E-state index contributed by atoms with van der Waals surface area (Å²) >= 11 is 1.51. The van der Waals surface area contributed by atoms with E-state index < -0.39 is 0 Å².